The summed E-state index contributed by atoms with van der Waals surface area (Å²) in [5, 5.41) is 0. The first-order valence-electron chi connectivity index (χ1n) is 9.79. The van der Waals surface area contributed by atoms with Crippen molar-refractivity contribution in [3.63, 3.8) is 0 Å². The van der Waals surface area contributed by atoms with Crippen LogP contribution in [0.3, 0.4) is 0 Å². The van der Waals surface area contributed by atoms with Crippen molar-refractivity contribution < 1.29 is 22.6 Å². The highest BCUT2D eigenvalue weighted by atomic mass is 32.2. The van der Waals surface area contributed by atoms with Gasteiger partial charge in [-0.15, -0.1) is 0 Å². The van der Waals surface area contributed by atoms with Crippen molar-refractivity contribution >= 4 is 21.1 Å². The topological polar surface area (TPSA) is 103 Å². The molecule has 2 N–H and O–H groups in total. The molecule has 3 aromatic carbocycles. The number of fused-ring (bicyclic) bond motifs is 1. The van der Waals surface area contributed by atoms with E-state index < -0.39 is 10.0 Å². The SMILES string of the molecule is COc1cc(CNS(=O)(=O)c2ccc3nc(-c4ccccc4)[nH]c3c2)cc(OC)c1OC. The van der Waals surface area contributed by atoms with Crippen LogP contribution in [0.25, 0.3) is 22.4 Å². The molecule has 0 bridgehead atoms. The van der Waals surface area contributed by atoms with Gasteiger partial charge in [-0.2, -0.15) is 0 Å². The van der Waals surface area contributed by atoms with Gasteiger partial charge in [0.15, 0.2) is 11.5 Å². The van der Waals surface area contributed by atoms with Crippen molar-refractivity contribution in [3.05, 3.63) is 66.2 Å². The summed E-state index contributed by atoms with van der Waals surface area (Å²) in [5.41, 5.74) is 2.91. The average molecular weight is 454 g/mol. The highest BCUT2D eigenvalue weighted by Gasteiger charge is 2.18. The van der Waals surface area contributed by atoms with Crippen molar-refractivity contribution in [2.24, 2.45) is 0 Å². The maximum atomic E-state index is 12.9. The predicted molar refractivity (Wildman–Crippen MR) is 122 cm³/mol. The van der Waals surface area contributed by atoms with Crippen LogP contribution in [0.4, 0.5) is 0 Å². The summed E-state index contributed by atoms with van der Waals surface area (Å²) in [4.78, 5) is 7.87. The molecule has 32 heavy (non-hydrogen) atoms. The van der Waals surface area contributed by atoms with Crippen molar-refractivity contribution in [3.8, 4) is 28.6 Å². The number of sulfonamides is 1. The molecule has 0 aliphatic rings. The van der Waals surface area contributed by atoms with Gasteiger partial charge in [0.1, 0.15) is 5.82 Å². The van der Waals surface area contributed by atoms with Crippen LogP contribution < -0.4 is 18.9 Å². The van der Waals surface area contributed by atoms with Gasteiger partial charge in [0.25, 0.3) is 0 Å². The molecule has 1 heterocycles. The van der Waals surface area contributed by atoms with Gasteiger partial charge in [-0.3, -0.25) is 0 Å². The zero-order chi connectivity index (χ0) is 22.7. The van der Waals surface area contributed by atoms with Crippen LogP contribution in [-0.4, -0.2) is 39.7 Å². The highest BCUT2D eigenvalue weighted by Crippen LogP contribution is 2.38. The average Bonchev–Trinajstić information content (AvgIpc) is 3.26. The van der Waals surface area contributed by atoms with Crippen molar-refractivity contribution in [1.29, 1.82) is 0 Å². The molecule has 1 aromatic heterocycles. The first-order valence-corrected chi connectivity index (χ1v) is 11.3. The molecule has 0 aliphatic heterocycles. The van der Waals surface area contributed by atoms with Crippen LogP contribution in [-0.2, 0) is 16.6 Å². The molecular formula is C23H23N3O5S. The lowest BCUT2D eigenvalue weighted by molar-refractivity contribution is 0.323. The maximum Gasteiger partial charge on any atom is 0.240 e. The van der Waals surface area contributed by atoms with Crippen LogP contribution in [0.1, 0.15) is 5.56 Å². The van der Waals surface area contributed by atoms with Crippen molar-refractivity contribution in [2.75, 3.05) is 21.3 Å². The largest absolute Gasteiger partial charge is 0.493 e. The Labute approximate surface area is 186 Å². The fourth-order valence-electron chi connectivity index (χ4n) is 3.39. The third-order valence-corrected chi connectivity index (χ3v) is 6.40. The standard InChI is InChI=1S/C23H23N3O5S/c1-29-20-11-15(12-21(30-2)22(20)31-3)14-24-32(27,28)17-9-10-18-19(13-17)26-23(25-18)16-7-5-4-6-8-16/h4-13,24H,14H2,1-3H3,(H,25,26). The van der Waals surface area contributed by atoms with Gasteiger partial charge < -0.3 is 19.2 Å². The molecule has 0 amide bonds. The lowest BCUT2D eigenvalue weighted by atomic mass is 10.2. The fraction of sp³-hybridized carbons (Fsp3) is 0.174. The number of rotatable bonds is 8. The molecule has 0 aliphatic carbocycles. The highest BCUT2D eigenvalue weighted by molar-refractivity contribution is 7.89. The number of imidazole rings is 1. The van der Waals surface area contributed by atoms with Gasteiger partial charge in [0.2, 0.25) is 15.8 Å². The van der Waals surface area contributed by atoms with E-state index in [1.54, 1.807) is 24.3 Å². The number of nitrogens with one attached hydrogen (secondary N) is 2. The second-order valence-electron chi connectivity index (χ2n) is 6.99. The molecule has 0 unspecified atom stereocenters. The van der Waals surface area contributed by atoms with E-state index in [1.807, 2.05) is 30.3 Å². The summed E-state index contributed by atoms with van der Waals surface area (Å²) >= 11 is 0. The van der Waals surface area contributed by atoms with E-state index in [1.165, 1.54) is 27.4 Å². The Bertz CT molecular complexity index is 1330. The first kappa shape index (κ1) is 21.7. The normalized spacial score (nSPS) is 11.5. The summed E-state index contributed by atoms with van der Waals surface area (Å²) < 4.78 is 44.4. The molecule has 166 valence electrons. The minimum absolute atomic E-state index is 0.0509. The van der Waals surface area contributed by atoms with Gasteiger partial charge >= 0.3 is 0 Å². The van der Waals surface area contributed by atoms with E-state index in [4.69, 9.17) is 14.2 Å². The second-order valence-corrected chi connectivity index (χ2v) is 8.76. The molecule has 0 radical (unpaired) electrons. The van der Waals surface area contributed by atoms with E-state index >= 15 is 0 Å². The zero-order valence-electron chi connectivity index (χ0n) is 17.9. The first-order chi connectivity index (χ1) is 15.4. The minimum atomic E-state index is -3.77. The van der Waals surface area contributed by atoms with E-state index in [2.05, 4.69) is 14.7 Å². The van der Waals surface area contributed by atoms with E-state index in [0.29, 0.717) is 39.7 Å². The summed E-state index contributed by atoms with van der Waals surface area (Å²) in [6, 6.07) is 17.9. The summed E-state index contributed by atoms with van der Waals surface area (Å²) in [6.45, 7) is 0.0509. The lowest BCUT2D eigenvalue weighted by Crippen LogP contribution is -2.23. The monoisotopic (exact) mass is 453 g/mol. The minimum Gasteiger partial charge on any atom is -0.493 e. The molecule has 9 heteroatoms. The van der Waals surface area contributed by atoms with E-state index in [-0.39, 0.29) is 11.4 Å². The summed E-state index contributed by atoms with van der Waals surface area (Å²) in [7, 11) is 0.758. The zero-order valence-corrected chi connectivity index (χ0v) is 18.7. The third-order valence-electron chi connectivity index (χ3n) is 5.00. The molecule has 8 nitrogen and oxygen atoms in total. The number of aromatic nitrogens is 2. The van der Waals surface area contributed by atoms with Gasteiger partial charge in [-0.05, 0) is 35.9 Å². The van der Waals surface area contributed by atoms with Gasteiger partial charge in [0.05, 0.1) is 37.3 Å². The number of ether oxygens (including phenoxy) is 3. The Morgan fingerprint density at radius 2 is 1.59 bits per heavy atom. The quantitative estimate of drug-likeness (QED) is 0.421. The van der Waals surface area contributed by atoms with Gasteiger partial charge in [0, 0.05) is 12.1 Å². The number of hydrogen-bond donors (Lipinski definition) is 2. The van der Waals surface area contributed by atoms with E-state index in [0.717, 1.165) is 5.56 Å². The Morgan fingerprint density at radius 1 is 0.906 bits per heavy atom. The van der Waals surface area contributed by atoms with E-state index in [9.17, 15) is 8.42 Å². The number of H-pyrrole nitrogens is 1. The Kier molecular flexibility index (Phi) is 6.02. The number of aromatic amines is 1. The molecule has 0 atom stereocenters. The predicted octanol–water partition coefficient (Wildman–Crippen LogP) is 3.73. The van der Waals surface area contributed by atoms with Crippen LogP contribution >= 0.6 is 0 Å². The van der Waals surface area contributed by atoms with Gasteiger partial charge in [-0.25, -0.2) is 18.1 Å². The Balaban J connectivity index is 1.58. The molecular weight excluding hydrogens is 430 g/mol. The molecule has 0 fully saturated rings. The van der Waals surface area contributed by atoms with Gasteiger partial charge in [-0.1, -0.05) is 30.3 Å². The van der Waals surface area contributed by atoms with Crippen LogP contribution in [0.2, 0.25) is 0 Å². The van der Waals surface area contributed by atoms with Crippen molar-refractivity contribution in [2.45, 2.75) is 11.4 Å². The lowest BCUT2D eigenvalue weighted by Gasteiger charge is -2.14. The number of hydrogen-bond acceptors (Lipinski definition) is 6. The fourth-order valence-corrected chi connectivity index (χ4v) is 4.43. The molecule has 0 spiro atoms. The van der Waals surface area contributed by atoms with Crippen molar-refractivity contribution in [1.82, 2.24) is 14.7 Å². The summed E-state index contributed by atoms with van der Waals surface area (Å²) in [6.07, 6.45) is 0. The third kappa shape index (κ3) is 4.25. The maximum absolute atomic E-state index is 12.9. The molecule has 4 rings (SSSR count). The molecule has 0 saturated carbocycles. The Hall–Kier alpha value is -3.56. The smallest absolute Gasteiger partial charge is 0.240 e. The number of methoxy groups -OCH3 is 3. The molecule has 4 aromatic rings. The number of nitrogens with zero attached hydrogens (tertiary/aromatic N) is 1. The summed E-state index contributed by atoms with van der Waals surface area (Å²) in [5.74, 6) is 2.03. The van der Waals surface area contributed by atoms with Crippen LogP contribution in [0, 0.1) is 0 Å². The second kappa shape index (κ2) is 8.89. The van der Waals surface area contributed by atoms with Crippen LogP contribution in [0.15, 0.2) is 65.6 Å². The van der Waals surface area contributed by atoms with Crippen LogP contribution in [0.5, 0.6) is 17.2 Å². The Morgan fingerprint density at radius 3 is 2.22 bits per heavy atom. The number of benzene rings is 3. The molecule has 0 saturated heterocycles.